The molecule has 0 saturated carbocycles. The second-order valence-electron chi connectivity index (χ2n) is 8.83. The van der Waals surface area contributed by atoms with Gasteiger partial charge in [-0.15, -0.1) is 11.3 Å². The van der Waals surface area contributed by atoms with Gasteiger partial charge in [0.1, 0.15) is 5.75 Å². The van der Waals surface area contributed by atoms with Gasteiger partial charge in [0.25, 0.3) is 0 Å². The van der Waals surface area contributed by atoms with Crippen molar-refractivity contribution in [1.82, 2.24) is 15.6 Å². The van der Waals surface area contributed by atoms with E-state index in [4.69, 9.17) is 4.74 Å². The largest absolute Gasteiger partial charge is 0.494 e. The van der Waals surface area contributed by atoms with E-state index < -0.39 is 0 Å². The monoisotopic (exact) mass is 479 g/mol. The molecular weight excluding hydrogens is 446 g/mol. The fourth-order valence-corrected chi connectivity index (χ4v) is 4.85. The SMILES string of the molecule is CCOc1ccc(C(C)(C)c2csc(NC(=O)NCc3ccc(N4CCNCC4)cc3)n2)cc1. The van der Waals surface area contributed by atoms with E-state index in [2.05, 4.69) is 76.1 Å². The molecule has 0 unspecified atom stereocenters. The minimum Gasteiger partial charge on any atom is -0.494 e. The summed E-state index contributed by atoms with van der Waals surface area (Å²) in [6.45, 7) is 11.4. The molecule has 1 aliphatic rings. The number of thiazole rings is 1. The number of carbonyl (C=O) groups is 1. The Labute approximate surface area is 205 Å². The summed E-state index contributed by atoms with van der Waals surface area (Å²) in [6, 6.07) is 16.2. The van der Waals surface area contributed by atoms with Crippen molar-refractivity contribution in [2.45, 2.75) is 32.7 Å². The van der Waals surface area contributed by atoms with E-state index in [1.54, 1.807) is 0 Å². The summed E-state index contributed by atoms with van der Waals surface area (Å²) in [5.74, 6) is 0.859. The Hall–Kier alpha value is -3.10. The van der Waals surface area contributed by atoms with E-state index in [0.717, 1.165) is 48.7 Å². The second kappa shape index (κ2) is 10.9. The number of urea groups is 1. The number of amides is 2. The molecule has 1 saturated heterocycles. The Morgan fingerprint density at radius 2 is 1.82 bits per heavy atom. The molecule has 0 aliphatic carbocycles. The highest BCUT2D eigenvalue weighted by Gasteiger charge is 2.26. The number of piperazine rings is 1. The van der Waals surface area contributed by atoms with Crippen LogP contribution in [0, 0.1) is 0 Å². The number of rotatable bonds is 8. The average Bonchev–Trinajstić information content (AvgIpc) is 3.33. The molecule has 0 radical (unpaired) electrons. The minimum absolute atomic E-state index is 0.258. The molecule has 8 heteroatoms. The topological polar surface area (TPSA) is 78.5 Å². The molecule has 4 rings (SSSR count). The minimum atomic E-state index is -0.288. The van der Waals surface area contributed by atoms with Crippen molar-refractivity contribution in [2.24, 2.45) is 0 Å². The predicted octanol–water partition coefficient (Wildman–Crippen LogP) is 4.60. The summed E-state index contributed by atoms with van der Waals surface area (Å²) in [6.07, 6.45) is 0. The lowest BCUT2D eigenvalue weighted by atomic mass is 9.82. The molecule has 0 atom stereocenters. The third kappa shape index (κ3) is 5.87. The molecular formula is C26H33N5O2S. The van der Waals surface area contributed by atoms with Crippen molar-refractivity contribution in [2.75, 3.05) is 43.0 Å². The molecule has 3 aromatic rings. The van der Waals surface area contributed by atoms with Gasteiger partial charge in [0, 0.05) is 49.2 Å². The molecule has 1 aliphatic heterocycles. The lowest BCUT2D eigenvalue weighted by Crippen LogP contribution is -2.43. The van der Waals surface area contributed by atoms with Crippen molar-refractivity contribution in [1.29, 1.82) is 0 Å². The van der Waals surface area contributed by atoms with E-state index in [-0.39, 0.29) is 11.4 Å². The molecule has 0 spiro atoms. The summed E-state index contributed by atoms with van der Waals surface area (Å²) in [5, 5.41) is 11.7. The lowest BCUT2D eigenvalue weighted by Gasteiger charge is -2.29. The standard InChI is InChI=1S/C26H33N5O2S/c1-4-33-22-11-7-20(8-12-22)26(2,3)23-18-34-25(29-23)30-24(32)28-17-19-5-9-21(10-6-19)31-15-13-27-14-16-31/h5-12,18,27H,4,13-17H2,1-3H3,(H2,28,29,30,32). The fraction of sp³-hybridized carbons (Fsp3) is 0.385. The number of benzene rings is 2. The molecule has 0 bridgehead atoms. The fourth-order valence-electron chi connectivity index (χ4n) is 3.97. The van der Waals surface area contributed by atoms with Crippen LogP contribution >= 0.6 is 11.3 Å². The van der Waals surface area contributed by atoms with Crippen LogP contribution in [0.2, 0.25) is 0 Å². The molecule has 2 heterocycles. The van der Waals surface area contributed by atoms with Crippen LogP contribution in [0.25, 0.3) is 0 Å². The van der Waals surface area contributed by atoms with E-state index in [1.807, 2.05) is 24.4 Å². The first-order valence-electron chi connectivity index (χ1n) is 11.7. The van der Waals surface area contributed by atoms with Gasteiger partial charge in [-0.25, -0.2) is 9.78 Å². The van der Waals surface area contributed by atoms with Crippen molar-refractivity contribution in [3.8, 4) is 5.75 Å². The molecule has 2 aromatic carbocycles. The first-order valence-corrected chi connectivity index (χ1v) is 12.6. The van der Waals surface area contributed by atoms with Crippen LogP contribution in [0.1, 0.15) is 37.6 Å². The van der Waals surface area contributed by atoms with Gasteiger partial charge in [-0.05, 0) is 42.3 Å². The highest BCUT2D eigenvalue weighted by atomic mass is 32.1. The number of hydrogen-bond donors (Lipinski definition) is 3. The highest BCUT2D eigenvalue weighted by Crippen LogP contribution is 2.34. The number of ether oxygens (including phenoxy) is 1. The summed E-state index contributed by atoms with van der Waals surface area (Å²) in [4.78, 5) is 19.5. The number of carbonyl (C=O) groups excluding carboxylic acids is 1. The number of hydrogen-bond acceptors (Lipinski definition) is 6. The Balaban J connectivity index is 1.30. The molecule has 1 fully saturated rings. The van der Waals surface area contributed by atoms with Gasteiger partial charge in [-0.3, -0.25) is 5.32 Å². The van der Waals surface area contributed by atoms with Crippen LogP contribution in [-0.4, -0.2) is 43.8 Å². The number of nitrogens with zero attached hydrogens (tertiary/aromatic N) is 2. The van der Waals surface area contributed by atoms with E-state index >= 15 is 0 Å². The molecule has 2 amide bonds. The van der Waals surface area contributed by atoms with E-state index in [1.165, 1.54) is 17.0 Å². The maximum absolute atomic E-state index is 12.4. The van der Waals surface area contributed by atoms with Crippen LogP contribution in [0.3, 0.4) is 0 Å². The van der Waals surface area contributed by atoms with Gasteiger partial charge in [0.15, 0.2) is 5.13 Å². The zero-order valence-corrected chi connectivity index (χ0v) is 20.9. The van der Waals surface area contributed by atoms with Crippen molar-refractivity contribution in [3.05, 3.63) is 70.7 Å². The smallest absolute Gasteiger partial charge is 0.321 e. The normalized spacial score (nSPS) is 14.0. The second-order valence-corrected chi connectivity index (χ2v) is 9.69. The zero-order valence-electron chi connectivity index (χ0n) is 20.1. The maximum Gasteiger partial charge on any atom is 0.321 e. The van der Waals surface area contributed by atoms with Gasteiger partial charge in [0.05, 0.1) is 12.3 Å². The molecule has 3 N–H and O–H groups in total. The third-order valence-corrected chi connectivity index (χ3v) is 6.88. The summed E-state index contributed by atoms with van der Waals surface area (Å²) in [5.41, 5.74) is 4.05. The van der Waals surface area contributed by atoms with Gasteiger partial charge < -0.3 is 20.3 Å². The predicted molar refractivity (Wildman–Crippen MR) is 139 cm³/mol. The van der Waals surface area contributed by atoms with Crippen LogP contribution in [-0.2, 0) is 12.0 Å². The van der Waals surface area contributed by atoms with Crippen LogP contribution in [0.15, 0.2) is 53.9 Å². The van der Waals surface area contributed by atoms with Gasteiger partial charge >= 0.3 is 6.03 Å². The summed E-state index contributed by atoms with van der Waals surface area (Å²) >= 11 is 1.43. The maximum atomic E-state index is 12.4. The van der Waals surface area contributed by atoms with E-state index in [0.29, 0.717) is 18.3 Å². The van der Waals surface area contributed by atoms with Crippen LogP contribution in [0.5, 0.6) is 5.75 Å². The van der Waals surface area contributed by atoms with E-state index in [9.17, 15) is 4.79 Å². The van der Waals surface area contributed by atoms with Crippen molar-refractivity contribution >= 4 is 28.2 Å². The van der Waals surface area contributed by atoms with Crippen molar-refractivity contribution < 1.29 is 9.53 Å². The lowest BCUT2D eigenvalue weighted by molar-refractivity contribution is 0.251. The molecule has 180 valence electrons. The van der Waals surface area contributed by atoms with Crippen LogP contribution < -0.4 is 25.6 Å². The average molecular weight is 480 g/mol. The van der Waals surface area contributed by atoms with Gasteiger partial charge in [0.2, 0.25) is 0 Å². The molecule has 7 nitrogen and oxygen atoms in total. The highest BCUT2D eigenvalue weighted by molar-refractivity contribution is 7.13. The number of anilines is 2. The quantitative estimate of drug-likeness (QED) is 0.440. The number of nitrogens with one attached hydrogen (secondary N) is 3. The molecule has 34 heavy (non-hydrogen) atoms. The van der Waals surface area contributed by atoms with Crippen LogP contribution in [0.4, 0.5) is 15.6 Å². The first kappa shape index (κ1) is 24.0. The Morgan fingerprint density at radius 1 is 1.12 bits per heavy atom. The Kier molecular flexibility index (Phi) is 7.70. The summed E-state index contributed by atoms with van der Waals surface area (Å²) < 4.78 is 5.54. The third-order valence-electron chi connectivity index (χ3n) is 6.12. The zero-order chi connectivity index (χ0) is 24.0. The first-order chi connectivity index (χ1) is 16.5. The number of aromatic nitrogens is 1. The summed E-state index contributed by atoms with van der Waals surface area (Å²) in [7, 11) is 0. The Bertz CT molecular complexity index is 1070. The van der Waals surface area contributed by atoms with Crippen molar-refractivity contribution in [3.63, 3.8) is 0 Å². The van der Waals surface area contributed by atoms with Gasteiger partial charge in [-0.2, -0.15) is 0 Å². The Morgan fingerprint density at radius 3 is 2.50 bits per heavy atom. The molecule has 1 aromatic heterocycles. The van der Waals surface area contributed by atoms with Gasteiger partial charge in [-0.1, -0.05) is 38.1 Å².